The summed E-state index contributed by atoms with van der Waals surface area (Å²) in [7, 11) is 0. The largest absolute Gasteiger partial charge is 0.394 e. The molecule has 0 bridgehead atoms. The van der Waals surface area contributed by atoms with Crippen LogP contribution in [0.25, 0.3) is 0 Å². The third-order valence-electron chi connectivity index (χ3n) is 20.3. The fraction of sp³-hybridized carbons (Fsp3) is 0.935. The van der Waals surface area contributed by atoms with E-state index in [1.54, 1.807) is 0 Å². The minimum absolute atomic E-state index is 0.851. The number of rotatable bonds is 27. The lowest BCUT2D eigenvalue weighted by Crippen LogP contribution is -2.71. The zero-order valence-corrected chi connectivity index (χ0v) is 59.8. The predicted octanol–water partition coefficient (Wildman–Crippen LogP) is -18.0. The third kappa shape index (κ3) is 19.9. The van der Waals surface area contributed by atoms with Crippen LogP contribution in [0.5, 0.6) is 0 Å². The molecule has 4 amide bonds. The Labute approximate surface area is 624 Å². The summed E-state index contributed by atoms with van der Waals surface area (Å²) in [4.78, 5) is 51.6. The Bertz CT molecular complexity index is 2930. The van der Waals surface area contributed by atoms with Gasteiger partial charge in [0.15, 0.2) is 56.6 Å². The predicted molar refractivity (Wildman–Crippen MR) is 341 cm³/mol. The molecular formula is C62H104N4O44. The highest BCUT2D eigenvalue weighted by Gasteiger charge is 2.61. The van der Waals surface area contributed by atoms with Crippen LogP contribution in [0.3, 0.4) is 0 Å². The van der Waals surface area contributed by atoms with E-state index in [1.165, 1.54) is 13.8 Å². The van der Waals surface area contributed by atoms with Gasteiger partial charge < -0.3 is 219 Å². The van der Waals surface area contributed by atoms with E-state index in [0.717, 1.165) is 27.7 Å². The summed E-state index contributed by atoms with van der Waals surface area (Å²) in [5, 5.41) is 266. The molecule has 0 aromatic carbocycles. The average molecular weight is 1610 g/mol. The van der Waals surface area contributed by atoms with Crippen molar-refractivity contribution in [2.45, 2.75) is 318 Å². The van der Waals surface area contributed by atoms with Gasteiger partial charge in [0.2, 0.25) is 23.6 Å². The third-order valence-corrected chi connectivity index (χ3v) is 20.3. The molecule has 0 spiro atoms. The van der Waals surface area contributed by atoms with Crippen molar-refractivity contribution in [3.05, 3.63) is 0 Å². The van der Waals surface area contributed by atoms with Gasteiger partial charge >= 0.3 is 0 Å². The summed E-state index contributed by atoms with van der Waals surface area (Å²) in [6, 6.07) is -7.49. The molecule has 48 nitrogen and oxygen atoms in total. The van der Waals surface area contributed by atoms with Crippen LogP contribution in [0.4, 0.5) is 0 Å². The van der Waals surface area contributed by atoms with Crippen molar-refractivity contribution in [1.29, 1.82) is 0 Å². The highest BCUT2D eigenvalue weighted by atomic mass is 16.8. The number of hydrogen-bond donors (Lipinski definition) is 27. The van der Waals surface area contributed by atoms with E-state index >= 15 is 0 Å². The molecule has 9 heterocycles. The minimum Gasteiger partial charge on any atom is -0.394 e. The maximum Gasteiger partial charge on any atom is 0.217 e. The second-order valence-electron chi connectivity index (χ2n) is 28.2. The average Bonchev–Trinajstić information content (AvgIpc) is 0.763. The number of ether oxygens (including phenoxy) is 17. The van der Waals surface area contributed by atoms with Gasteiger partial charge in [0.25, 0.3) is 0 Å². The first kappa shape index (κ1) is 90.2. The Hall–Kier alpha value is -3.72. The molecule has 9 aliphatic rings. The van der Waals surface area contributed by atoms with E-state index in [4.69, 9.17) is 80.5 Å². The number of carbonyl (C=O) groups excluding carboxylic acids is 4. The van der Waals surface area contributed by atoms with Gasteiger partial charge in [-0.3, -0.25) is 19.2 Å². The lowest BCUT2D eigenvalue weighted by Gasteiger charge is -2.52. The summed E-state index contributed by atoms with van der Waals surface area (Å²) in [5.74, 6) is -3.63. The quantitative estimate of drug-likeness (QED) is 0.0363. The Morgan fingerprint density at radius 1 is 0.255 bits per heavy atom. The van der Waals surface area contributed by atoms with Crippen LogP contribution in [0.15, 0.2) is 0 Å². The van der Waals surface area contributed by atoms with E-state index in [0.29, 0.717) is 0 Å². The first-order chi connectivity index (χ1) is 51.9. The normalized spacial score (nSPS) is 49.6. The molecule has 0 aromatic rings. The Morgan fingerprint density at radius 2 is 0.573 bits per heavy atom. The SMILES string of the molecule is CC(=O)N[C@@H]1[C@@H](O[C@@H]2O[C@@H](C)[C@@H](O)[C@@H](O)[C@@H]2O)[C@H](O[C@@H]2O[C@H](CO)[C@@H](O[C@@H]3O[C@H](CO[C@H]4O[C@H](CO)[C@@H](O)[C@H](O)[C@@H]4O)[C@@H](O)[C@H](O[C@H]4O[C@H](CO)[C@@H](O[C@@H]5O[C@H](CO)[C@@H](O)[C@H](O)[C@H]5NC(C)=O)[C@H](O)[C@@H]4O[C@@H]4O[C@H](CO)[C@@H](O)[C@H](O)[C@H]4NC(C)=O)[C@@H]3O)[C@H](O)[C@H]2NC(C)=O)[C@@H](CO[C@@H]2O[C@@H](C)[C@@H](O)[C@@H](O)[C@@H]2O)O[C@H]1O. The summed E-state index contributed by atoms with van der Waals surface area (Å²) >= 11 is 0. The van der Waals surface area contributed by atoms with Crippen molar-refractivity contribution in [3.63, 3.8) is 0 Å². The van der Waals surface area contributed by atoms with Crippen LogP contribution in [-0.2, 0) is 99.7 Å². The van der Waals surface area contributed by atoms with Crippen LogP contribution < -0.4 is 21.3 Å². The Balaban J connectivity index is 1.09. The lowest BCUT2D eigenvalue weighted by atomic mass is 9.93. The second kappa shape index (κ2) is 39.0. The molecule has 9 rings (SSSR count). The molecule has 0 aromatic heterocycles. The molecular weight excluding hydrogens is 1500 g/mol. The number of aliphatic hydroxyl groups is 23. The smallest absolute Gasteiger partial charge is 0.217 e. The standard InChI is InChI=1S/C62H104N4O44/c1-14-31(76)40(85)43(88)58(96-14)95-13-26-50(51(30(54(93)98-26)66-19(6)75)108-60-45(90)41(86)32(77)15(2)97-60)107-57-29(65-18(5)74)39(84)48(23(10-70)102-57)106-61-47(92)52(36(81)25(104-61)12-94-59-44(89)42(87)35(80)22(9-69)101-59)109-62-53(110-56-28(64-17(4)73)38(83)34(79)21(8-68)100-56)46(91)49(24(11-71)103-62)105-55-27(63-16(3)72)37(82)33(78)20(7-67)99-55/h14-15,20-62,67-71,76-93H,7-13H2,1-6H3,(H,63,72)(H,64,73)(H,65,74)(H,66,75)/t14-,15-,20+,21+,22+,23+,24+,25+,26+,27+,28+,29+,30+,31+,32+,33+,34+,35+,36+,37+,38+,39+,40+,41+,42-,43-,44-,45-,46-,47-,48+,49+,50+,51+,52-,53-,54+,55-,56-,57-,58+,59-,60-,61-,62+/m0/s1. The molecule has 48 heteroatoms. The number of amides is 4. The van der Waals surface area contributed by atoms with Gasteiger partial charge in [-0.2, -0.15) is 0 Å². The van der Waals surface area contributed by atoms with E-state index in [-0.39, 0.29) is 0 Å². The summed E-state index contributed by atoms with van der Waals surface area (Å²) in [6.07, 6.45) is -82.9. The number of aliphatic hydroxyl groups excluding tert-OH is 23. The van der Waals surface area contributed by atoms with E-state index in [1.807, 2.05) is 0 Å². The van der Waals surface area contributed by atoms with Gasteiger partial charge in [0.1, 0.15) is 207 Å². The van der Waals surface area contributed by atoms with E-state index in [2.05, 4.69) is 21.3 Å². The molecule has 27 N–H and O–H groups in total. The summed E-state index contributed by atoms with van der Waals surface area (Å²) in [5.41, 5.74) is 0. The Morgan fingerprint density at radius 3 is 1.05 bits per heavy atom. The van der Waals surface area contributed by atoms with Crippen molar-refractivity contribution in [3.8, 4) is 0 Å². The van der Waals surface area contributed by atoms with E-state index in [9.17, 15) is 137 Å². The van der Waals surface area contributed by atoms with Crippen LogP contribution in [0.2, 0.25) is 0 Å². The van der Waals surface area contributed by atoms with Crippen molar-refractivity contribution in [1.82, 2.24) is 21.3 Å². The molecule has 9 aliphatic heterocycles. The van der Waals surface area contributed by atoms with Crippen LogP contribution in [0.1, 0.15) is 41.5 Å². The van der Waals surface area contributed by atoms with Gasteiger partial charge in [-0.05, 0) is 13.8 Å². The van der Waals surface area contributed by atoms with Crippen LogP contribution >= 0.6 is 0 Å². The van der Waals surface area contributed by atoms with Gasteiger partial charge in [-0.25, -0.2) is 0 Å². The first-order valence-corrected chi connectivity index (χ1v) is 35.3. The van der Waals surface area contributed by atoms with E-state index < -0.39 is 346 Å². The van der Waals surface area contributed by atoms with Crippen molar-refractivity contribution in [2.75, 3.05) is 46.2 Å². The van der Waals surface area contributed by atoms with Crippen molar-refractivity contribution in [2.24, 2.45) is 0 Å². The minimum atomic E-state index is -2.57. The lowest BCUT2D eigenvalue weighted by molar-refractivity contribution is -0.402. The van der Waals surface area contributed by atoms with Gasteiger partial charge in [-0.1, -0.05) is 0 Å². The van der Waals surface area contributed by atoms with Crippen LogP contribution in [-0.4, -0.2) is 463 Å². The topological polar surface area (TPSA) is 739 Å². The molecule has 0 saturated carbocycles. The molecule has 9 fully saturated rings. The van der Waals surface area contributed by atoms with Crippen LogP contribution in [0, 0.1) is 0 Å². The molecule has 9 saturated heterocycles. The molecule has 45 atom stereocenters. The second-order valence-corrected chi connectivity index (χ2v) is 28.2. The zero-order chi connectivity index (χ0) is 81.1. The molecule has 0 aliphatic carbocycles. The summed E-state index contributed by atoms with van der Waals surface area (Å²) in [6.45, 7) is -1.07. The number of carbonyl (C=O) groups is 4. The van der Waals surface area contributed by atoms with Gasteiger partial charge in [0, 0.05) is 27.7 Å². The number of nitrogens with one attached hydrogen (secondary N) is 4. The molecule has 0 unspecified atom stereocenters. The zero-order valence-electron chi connectivity index (χ0n) is 59.8. The molecule has 636 valence electrons. The highest BCUT2D eigenvalue weighted by molar-refractivity contribution is 5.74. The highest BCUT2D eigenvalue weighted by Crippen LogP contribution is 2.40. The molecule has 110 heavy (non-hydrogen) atoms. The maximum atomic E-state index is 13.4. The maximum absolute atomic E-state index is 13.4. The first-order valence-electron chi connectivity index (χ1n) is 35.3. The number of hydrogen-bond acceptors (Lipinski definition) is 44. The van der Waals surface area contributed by atoms with Gasteiger partial charge in [-0.15, -0.1) is 0 Å². The van der Waals surface area contributed by atoms with Crippen molar-refractivity contribution >= 4 is 23.6 Å². The van der Waals surface area contributed by atoms with Gasteiger partial charge in [0.05, 0.1) is 58.5 Å². The fourth-order valence-corrected chi connectivity index (χ4v) is 14.2. The molecule has 0 radical (unpaired) electrons. The summed E-state index contributed by atoms with van der Waals surface area (Å²) < 4.78 is 102. The Kier molecular flexibility index (Phi) is 32.0. The fourth-order valence-electron chi connectivity index (χ4n) is 14.2. The monoisotopic (exact) mass is 1610 g/mol. The van der Waals surface area contributed by atoms with Crippen molar-refractivity contribution < 1.29 is 217 Å².